The van der Waals surface area contributed by atoms with E-state index in [1.54, 1.807) is 30.3 Å². The van der Waals surface area contributed by atoms with Gasteiger partial charge in [0.05, 0.1) is 16.8 Å². The van der Waals surface area contributed by atoms with Crippen molar-refractivity contribution in [1.29, 1.82) is 0 Å². The Morgan fingerprint density at radius 1 is 1.00 bits per heavy atom. The number of anilines is 1. The molecule has 0 saturated carbocycles. The Kier molecular flexibility index (Phi) is 8.31. The standard InChI is InChI=1S/C28H24BrClN2O5/c1-3-17-9-11-20(12-10-17)32-27(34)21(26(33)31-28(32)35)13-18-14-22(29)25(24(15-18)36-4-2)37-16-19-7-5-6-8-23(19)30/h5-15H,3-4,16H2,1-2H3,(H,31,33,35)/b21-13-. The Morgan fingerprint density at radius 2 is 1.73 bits per heavy atom. The molecule has 190 valence electrons. The number of urea groups is 1. The molecule has 1 N–H and O–H groups in total. The third-order valence-corrected chi connectivity index (χ3v) is 6.63. The quantitative estimate of drug-likeness (QED) is 0.248. The van der Waals surface area contributed by atoms with E-state index in [1.807, 2.05) is 44.2 Å². The van der Waals surface area contributed by atoms with Crippen molar-refractivity contribution in [2.24, 2.45) is 0 Å². The summed E-state index contributed by atoms with van der Waals surface area (Å²) in [5.74, 6) is -0.616. The summed E-state index contributed by atoms with van der Waals surface area (Å²) in [6.07, 6.45) is 2.24. The van der Waals surface area contributed by atoms with Gasteiger partial charge in [0, 0.05) is 10.6 Å². The number of benzene rings is 3. The fraction of sp³-hybridized carbons (Fsp3) is 0.179. The Morgan fingerprint density at radius 3 is 2.41 bits per heavy atom. The van der Waals surface area contributed by atoms with Gasteiger partial charge in [0.1, 0.15) is 12.2 Å². The highest BCUT2D eigenvalue weighted by Crippen LogP contribution is 2.38. The zero-order valence-electron chi connectivity index (χ0n) is 20.2. The molecule has 4 amide bonds. The lowest BCUT2D eigenvalue weighted by Gasteiger charge is -2.26. The second kappa shape index (κ2) is 11.6. The zero-order chi connectivity index (χ0) is 26.5. The summed E-state index contributed by atoms with van der Waals surface area (Å²) in [5, 5.41) is 2.83. The largest absolute Gasteiger partial charge is 0.490 e. The van der Waals surface area contributed by atoms with Gasteiger partial charge in [-0.1, -0.05) is 48.9 Å². The molecule has 3 aromatic rings. The number of nitrogens with one attached hydrogen (secondary N) is 1. The van der Waals surface area contributed by atoms with Crippen molar-refractivity contribution >= 4 is 57.1 Å². The van der Waals surface area contributed by atoms with Crippen LogP contribution in [0.1, 0.15) is 30.5 Å². The van der Waals surface area contributed by atoms with Crippen molar-refractivity contribution in [3.8, 4) is 11.5 Å². The van der Waals surface area contributed by atoms with Crippen LogP contribution in [-0.2, 0) is 22.6 Å². The van der Waals surface area contributed by atoms with Crippen molar-refractivity contribution in [2.75, 3.05) is 11.5 Å². The SMILES string of the molecule is CCOc1cc(/C=C2/C(=O)NC(=O)N(c3ccc(CC)cc3)C2=O)cc(Br)c1OCc1ccccc1Cl. The van der Waals surface area contributed by atoms with Gasteiger partial charge in [-0.05, 0) is 76.8 Å². The van der Waals surface area contributed by atoms with Crippen LogP contribution < -0.4 is 19.7 Å². The fourth-order valence-corrected chi connectivity index (χ4v) is 4.54. The molecule has 3 aromatic carbocycles. The summed E-state index contributed by atoms with van der Waals surface area (Å²) in [6.45, 7) is 4.43. The third kappa shape index (κ3) is 5.87. The number of hydrogen-bond acceptors (Lipinski definition) is 5. The van der Waals surface area contributed by atoms with Crippen LogP contribution in [0.3, 0.4) is 0 Å². The molecular weight excluding hydrogens is 560 g/mol. The number of halogens is 2. The molecule has 0 unspecified atom stereocenters. The van der Waals surface area contributed by atoms with E-state index in [2.05, 4.69) is 21.2 Å². The van der Waals surface area contributed by atoms with Gasteiger partial charge in [0.15, 0.2) is 11.5 Å². The molecule has 4 rings (SSSR count). The van der Waals surface area contributed by atoms with Crippen LogP contribution in [0.2, 0.25) is 5.02 Å². The average molecular weight is 584 g/mol. The Bertz CT molecular complexity index is 1390. The zero-order valence-corrected chi connectivity index (χ0v) is 22.6. The van der Waals surface area contributed by atoms with E-state index in [1.165, 1.54) is 6.08 Å². The maximum atomic E-state index is 13.3. The van der Waals surface area contributed by atoms with E-state index in [-0.39, 0.29) is 12.2 Å². The topological polar surface area (TPSA) is 84.9 Å². The molecule has 0 aromatic heterocycles. The first kappa shape index (κ1) is 26.4. The second-order valence-corrected chi connectivity index (χ2v) is 9.38. The molecule has 9 heteroatoms. The molecule has 1 fully saturated rings. The highest BCUT2D eigenvalue weighted by Gasteiger charge is 2.36. The number of imide groups is 2. The summed E-state index contributed by atoms with van der Waals surface area (Å²) < 4.78 is 12.3. The normalized spacial score (nSPS) is 14.6. The van der Waals surface area contributed by atoms with Crippen LogP contribution in [0, 0.1) is 0 Å². The van der Waals surface area contributed by atoms with Crippen LogP contribution in [0.5, 0.6) is 11.5 Å². The van der Waals surface area contributed by atoms with E-state index in [0.29, 0.717) is 38.9 Å². The first-order valence-corrected chi connectivity index (χ1v) is 12.8. The number of aryl methyl sites for hydroxylation is 1. The fourth-order valence-electron chi connectivity index (χ4n) is 3.78. The molecule has 1 aliphatic rings. The molecule has 0 radical (unpaired) electrons. The molecule has 37 heavy (non-hydrogen) atoms. The number of hydrogen-bond donors (Lipinski definition) is 1. The molecule has 0 bridgehead atoms. The Balaban J connectivity index is 1.65. The van der Waals surface area contributed by atoms with Crippen LogP contribution >= 0.6 is 27.5 Å². The monoisotopic (exact) mass is 582 g/mol. The number of amides is 4. The predicted molar refractivity (Wildman–Crippen MR) is 146 cm³/mol. The smallest absolute Gasteiger partial charge is 0.335 e. The van der Waals surface area contributed by atoms with E-state index >= 15 is 0 Å². The maximum Gasteiger partial charge on any atom is 0.335 e. The third-order valence-electron chi connectivity index (χ3n) is 5.68. The lowest BCUT2D eigenvalue weighted by Crippen LogP contribution is -2.54. The lowest BCUT2D eigenvalue weighted by molar-refractivity contribution is -0.122. The highest BCUT2D eigenvalue weighted by atomic mass is 79.9. The maximum absolute atomic E-state index is 13.3. The van der Waals surface area contributed by atoms with Crippen molar-refractivity contribution in [1.82, 2.24) is 5.32 Å². The van der Waals surface area contributed by atoms with Gasteiger partial charge in [-0.2, -0.15) is 0 Å². The summed E-state index contributed by atoms with van der Waals surface area (Å²) in [6, 6.07) is 17.0. The number of rotatable bonds is 8. The summed E-state index contributed by atoms with van der Waals surface area (Å²) in [4.78, 5) is 39.3. The second-order valence-electron chi connectivity index (χ2n) is 8.12. The van der Waals surface area contributed by atoms with Gasteiger partial charge in [-0.25, -0.2) is 9.69 Å². The molecule has 1 saturated heterocycles. The average Bonchev–Trinajstić information content (AvgIpc) is 2.87. The van der Waals surface area contributed by atoms with Crippen LogP contribution in [0.4, 0.5) is 10.5 Å². The van der Waals surface area contributed by atoms with E-state index in [0.717, 1.165) is 22.4 Å². The van der Waals surface area contributed by atoms with Crippen molar-refractivity contribution in [3.05, 3.63) is 92.4 Å². The van der Waals surface area contributed by atoms with Gasteiger partial charge in [-0.3, -0.25) is 14.9 Å². The van der Waals surface area contributed by atoms with Crippen LogP contribution in [0.25, 0.3) is 6.08 Å². The van der Waals surface area contributed by atoms with E-state index in [4.69, 9.17) is 21.1 Å². The number of carbonyl (C=O) groups is 3. The van der Waals surface area contributed by atoms with Crippen molar-refractivity contribution < 1.29 is 23.9 Å². The van der Waals surface area contributed by atoms with E-state index < -0.39 is 17.8 Å². The summed E-state index contributed by atoms with van der Waals surface area (Å²) >= 11 is 9.75. The minimum atomic E-state index is -0.795. The molecular formula is C28H24BrClN2O5. The molecule has 0 spiro atoms. The predicted octanol–water partition coefficient (Wildman–Crippen LogP) is 6.31. The number of carbonyl (C=O) groups excluding carboxylic acids is 3. The molecule has 0 aliphatic carbocycles. The van der Waals surface area contributed by atoms with Crippen LogP contribution in [0.15, 0.2) is 70.7 Å². The molecule has 0 atom stereocenters. The minimum absolute atomic E-state index is 0.182. The number of nitrogens with zero attached hydrogens (tertiary/aromatic N) is 1. The Hall–Kier alpha value is -3.62. The highest BCUT2D eigenvalue weighted by molar-refractivity contribution is 9.10. The van der Waals surface area contributed by atoms with Crippen LogP contribution in [-0.4, -0.2) is 24.5 Å². The number of barbiturate groups is 1. The first-order valence-electron chi connectivity index (χ1n) is 11.6. The van der Waals surface area contributed by atoms with Crippen molar-refractivity contribution in [2.45, 2.75) is 26.9 Å². The summed E-state index contributed by atoms with van der Waals surface area (Å²) in [5.41, 5.74) is 2.57. The lowest BCUT2D eigenvalue weighted by atomic mass is 10.1. The van der Waals surface area contributed by atoms with Gasteiger partial charge in [0.25, 0.3) is 11.8 Å². The first-order chi connectivity index (χ1) is 17.8. The van der Waals surface area contributed by atoms with Gasteiger partial charge < -0.3 is 9.47 Å². The molecule has 1 heterocycles. The van der Waals surface area contributed by atoms with Gasteiger partial charge in [0.2, 0.25) is 0 Å². The van der Waals surface area contributed by atoms with Gasteiger partial charge >= 0.3 is 6.03 Å². The number of ether oxygens (including phenoxy) is 2. The molecule has 7 nitrogen and oxygen atoms in total. The Labute approximate surface area is 228 Å². The van der Waals surface area contributed by atoms with Crippen molar-refractivity contribution in [3.63, 3.8) is 0 Å². The van der Waals surface area contributed by atoms with Gasteiger partial charge in [-0.15, -0.1) is 0 Å². The van der Waals surface area contributed by atoms with E-state index in [9.17, 15) is 14.4 Å². The molecule has 1 aliphatic heterocycles. The summed E-state index contributed by atoms with van der Waals surface area (Å²) in [7, 11) is 0. The minimum Gasteiger partial charge on any atom is -0.490 e.